The predicted molar refractivity (Wildman–Crippen MR) is 82.9 cm³/mol. The van der Waals surface area contributed by atoms with E-state index < -0.39 is 0 Å². The predicted octanol–water partition coefficient (Wildman–Crippen LogP) is 4.65. The first kappa shape index (κ1) is 14.3. The third-order valence-electron chi connectivity index (χ3n) is 2.76. The Morgan fingerprint density at radius 1 is 1.11 bits per heavy atom. The molecule has 0 radical (unpaired) electrons. The summed E-state index contributed by atoms with van der Waals surface area (Å²) in [5.74, 6) is 0.849. The van der Waals surface area contributed by atoms with Gasteiger partial charge in [0.15, 0.2) is 5.78 Å². The van der Waals surface area contributed by atoms with Crippen LogP contribution in [0.2, 0.25) is 0 Å². The Balaban J connectivity index is 2.20. The molecule has 2 rings (SSSR count). The van der Waals surface area contributed by atoms with Crippen molar-refractivity contribution in [1.82, 2.24) is 0 Å². The monoisotopic (exact) mass is 382 g/mol. The van der Waals surface area contributed by atoms with Crippen LogP contribution in [0.4, 0.5) is 0 Å². The van der Waals surface area contributed by atoms with Gasteiger partial charge in [0.05, 0.1) is 11.6 Å². The first-order valence-corrected chi connectivity index (χ1v) is 7.30. The van der Waals surface area contributed by atoms with Crippen molar-refractivity contribution >= 4 is 37.6 Å². The molecule has 0 unspecified atom stereocenters. The maximum Gasteiger partial charge on any atom is 0.168 e. The van der Waals surface area contributed by atoms with Gasteiger partial charge in [0.25, 0.3) is 0 Å². The molecule has 0 aliphatic heterocycles. The van der Waals surface area contributed by atoms with Crippen LogP contribution < -0.4 is 4.74 Å². The highest BCUT2D eigenvalue weighted by molar-refractivity contribution is 9.10. The molecule has 0 saturated carbocycles. The summed E-state index contributed by atoms with van der Waals surface area (Å²) in [4.78, 5) is 12.2. The normalized spacial score (nSPS) is 10.3. The molecule has 2 aromatic carbocycles. The third-order valence-corrected chi connectivity index (χ3v) is 4.07. The van der Waals surface area contributed by atoms with E-state index in [1.165, 1.54) is 0 Å². The van der Waals surface area contributed by atoms with E-state index in [2.05, 4.69) is 31.9 Å². The molecule has 0 spiro atoms. The highest BCUT2D eigenvalue weighted by Crippen LogP contribution is 2.26. The summed E-state index contributed by atoms with van der Waals surface area (Å²) in [5, 5.41) is 0. The van der Waals surface area contributed by atoms with Crippen molar-refractivity contribution < 1.29 is 9.53 Å². The minimum absolute atomic E-state index is 0.0875. The van der Waals surface area contributed by atoms with Crippen molar-refractivity contribution in [2.45, 2.75) is 6.42 Å². The van der Waals surface area contributed by atoms with Gasteiger partial charge in [-0.05, 0) is 39.7 Å². The molecular weight excluding hydrogens is 372 g/mol. The molecule has 0 saturated heterocycles. The fourth-order valence-corrected chi connectivity index (χ4v) is 2.88. The van der Waals surface area contributed by atoms with E-state index in [-0.39, 0.29) is 5.78 Å². The number of methoxy groups -OCH3 is 1. The molecule has 0 heterocycles. The van der Waals surface area contributed by atoms with Crippen molar-refractivity contribution in [3.8, 4) is 5.75 Å². The summed E-state index contributed by atoms with van der Waals surface area (Å²) < 4.78 is 6.85. The zero-order valence-corrected chi connectivity index (χ0v) is 13.5. The van der Waals surface area contributed by atoms with Crippen LogP contribution in [-0.4, -0.2) is 12.9 Å². The number of Topliss-reactive ketones (excluding diaryl/α,β-unsaturated/α-hetero) is 1. The summed E-state index contributed by atoms with van der Waals surface area (Å²) >= 11 is 6.82. The van der Waals surface area contributed by atoms with Crippen molar-refractivity contribution in [3.63, 3.8) is 0 Å². The second-order valence-electron chi connectivity index (χ2n) is 4.05. The number of benzene rings is 2. The van der Waals surface area contributed by atoms with Crippen LogP contribution in [0.1, 0.15) is 15.9 Å². The highest BCUT2D eigenvalue weighted by Gasteiger charge is 2.11. The lowest BCUT2D eigenvalue weighted by molar-refractivity contribution is 0.0992. The number of carbonyl (C=O) groups is 1. The van der Waals surface area contributed by atoms with Gasteiger partial charge in [0.1, 0.15) is 5.75 Å². The number of ether oxygens (including phenoxy) is 1. The SMILES string of the molecule is COc1ccc(CC(=O)c2ccccc2Br)cc1Br. The van der Waals surface area contributed by atoms with E-state index in [4.69, 9.17) is 4.74 Å². The van der Waals surface area contributed by atoms with Crippen molar-refractivity contribution in [2.24, 2.45) is 0 Å². The topological polar surface area (TPSA) is 26.3 Å². The van der Waals surface area contributed by atoms with Gasteiger partial charge in [-0.15, -0.1) is 0 Å². The summed E-state index contributed by atoms with van der Waals surface area (Å²) in [7, 11) is 1.62. The van der Waals surface area contributed by atoms with Crippen molar-refractivity contribution in [3.05, 3.63) is 62.5 Å². The summed E-state index contributed by atoms with van der Waals surface area (Å²) in [6.45, 7) is 0. The van der Waals surface area contributed by atoms with Gasteiger partial charge in [-0.25, -0.2) is 0 Å². The lowest BCUT2D eigenvalue weighted by atomic mass is 10.0. The largest absolute Gasteiger partial charge is 0.496 e. The maximum atomic E-state index is 12.2. The molecule has 0 bridgehead atoms. The third kappa shape index (κ3) is 3.45. The number of carbonyl (C=O) groups excluding carboxylic acids is 1. The highest BCUT2D eigenvalue weighted by atomic mass is 79.9. The molecule has 2 nitrogen and oxygen atoms in total. The fraction of sp³-hybridized carbons (Fsp3) is 0.133. The number of hydrogen-bond donors (Lipinski definition) is 0. The Hall–Kier alpha value is -1.13. The molecule has 0 atom stereocenters. The van der Waals surface area contributed by atoms with E-state index in [1.807, 2.05) is 42.5 Å². The van der Waals surface area contributed by atoms with Crippen LogP contribution in [0.25, 0.3) is 0 Å². The van der Waals surface area contributed by atoms with Gasteiger partial charge in [0.2, 0.25) is 0 Å². The molecule has 0 aliphatic carbocycles. The molecule has 0 aliphatic rings. The van der Waals surface area contributed by atoms with Crippen LogP contribution in [-0.2, 0) is 6.42 Å². The Morgan fingerprint density at radius 2 is 1.84 bits per heavy atom. The second-order valence-corrected chi connectivity index (χ2v) is 5.76. The zero-order valence-electron chi connectivity index (χ0n) is 10.3. The molecule has 2 aromatic rings. The van der Waals surface area contributed by atoms with Crippen LogP contribution in [0.3, 0.4) is 0 Å². The molecule has 98 valence electrons. The molecular formula is C15H12Br2O2. The molecule has 0 N–H and O–H groups in total. The lowest BCUT2D eigenvalue weighted by Crippen LogP contribution is -2.04. The number of ketones is 1. The molecule has 0 aromatic heterocycles. The zero-order chi connectivity index (χ0) is 13.8. The fourth-order valence-electron chi connectivity index (χ4n) is 1.79. The Kier molecular flexibility index (Phi) is 4.77. The standard InChI is InChI=1S/C15H12Br2O2/c1-19-15-7-6-10(8-13(15)17)9-14(18)11-4-2-3-5-12(11)16/h2-8H,9H2,1H3. The minimum Gasteiger partial charge on any atom is -0.496 e. The molecule has 4 heteroatoms. The average Bonchev–Trinajstić information content (AvgIpc) is 2.39. The average molecular weight is 384 g/mol. The molecule has 0 fully saturated rings. The number of hydrogen-bond acceptors (Lipinski definition) is 2. The van der Waals surface area contributed by atoms with Crippen LogP contribution in [0.15, 0.2) is 51.4 Å². The van der Waals surface area contributed by atoms with Crippen LogP contribution >= 0.6 is 31.9 Å². The van der Waals surface area contributed by atoms with E-state index in [0.717, 1.165) is 20.3 Å². The maximum absolute atomic E-state index is 12.2. The first-order valence-electron chi connectivity index (χ1n) is 5.72. The van der Waals surface area contributed by atoms with Gasteiger partial charge >= 0.3 is 0 Å². The number of halogens is 2. The summed E-state index contributed by atoms with van der Waals surface area (Å²) in [6, 6.07) is 13.1. The van der Waals surface area contributed by atoms with Gasteiger partial charge in [-0.1, -0.05) is 40.2 Å². The Bertz CT molecular complexity index is 609. The Labute approximate surface area is 129 Å². The molecule has 19 heavy (non-hydrogen) atoms. The van der Waals surface area contributed by atoms with Crippen LogP contribution in [0.5, 0.6) is 5.75 Å². The summed E-state index contributed by atoms with van der Waals surface area (Å²) in [5.41, 5.74) is 1.66. The lowest BCUT2D eigenvalue weighted by Gasteiger charge is -2.07. The minimum atomic E-state index is 0.0875. The smallest absolute Gasteiger partial charge is 0.168 e. The van der Waals surface area contributed by atoms with Gasteiger partial charge < -0.3 is 4.74 Å². The first-order chi connectivity index (χ1) is 9.11. The van der Waals surface area contributed by atoms with E-state index in [1.54, 1.807) is 7.11 Å². The van der Waals surface area contributed by atoms with E-state index in [9.17, 15) is 4.79 Å². The second kappa shape index (κ2) is 6.35. The van der Waals surface area contributed by atoms with Gasteiger partial charge in [-0.3, -0.25) is 4.79 Å². The molecule has 0 amide bonds. The summed E-state index contributed by atoms with van der Waals surface area (Å²) in [6.07, 6.45) is 0.366. The van der Waals surface area contributed by atoms with Crippen molar-refractivity contribution in [1.29, 1.82) is 0 Å². The van der Waals surface area contributed by atoms with E-state index in [0.29, 0.717) is 12.0 Å². The van der Waals surface area contributed by atoms with Crippen molar-refractivity contribution in [2.75, 3.05) is 7.11 Å². The van der Waals surface area contributed by atoms with E-state index >= 15 is 0 Å². The van der Waals surface area contributed by atoms with Crippen LogP contribution in [0, 0.1) is 0 Å². The number of rotatable bonds is 4. The van der Waals surface area contributed by atoms with Gasteiger partial charge in [-0.2, -0.15) is 0 Å². The quantitative estimate of drug-likeness (QED) is 0.718. The Morgan fingerprint density at radius 3 is 2.47 bits per heavy atom. The van der Waals surface area contributed by atoms with Gasteiger partial charge in [0, 0.05) is 16.5 Å².